The van der Waals surface area contributed by atoms with Crippen LogP contribution in [0.1, 0.15) is 38.7 Å². The number of nitrogens with zero attached hydrogens (tertiary/aromatic N) is 3. The van der Waals surface area contributed by atoms with Crippen LogP contribution in [0.5, 0.6) is 0 Å². The Labute approximate surface area is 102 Å². The van der Waals surface area contributed by atoms with Crippen molar-refractivity contribution in [2.24, 2.45) is 5.84 Å². The summed E-state index contributed by atoms with van der Waals surface area (Å²) in [6, 6.07) is 1.13. The second kappa shape index (κ2) is 4.87. The average molecular weight is 235 g/mol. The molecule has 17 heavy (non-hydrogen) atoms. The number of rotatable bonds is 3. The summed E-state index contributed by atoms with van der Waals surface area (Å²) in [5.74, 6) is 7.19. The molecule has 1 aliphatic rings. The van der Waals surface area contributed by atoms with Crippen molar-refractivity contribution in [3.05, 3.63) is 11.9 Å². The number of aromatic nitrogens is 2. The largest absolute Gasteiger partial charge is 0.351 e. The number of nitrogens with two attached hydrogens (primary N) is 1. The predicted octanol–water partition coefficient (Wildman–Crippen LogP) is 1.84. The highest BCUT2D eigenvalue weighted by molar-refractivity contribution is 5.58. The number of hydrogen-bond acceptors (Lipinski definition) is 5. The van der Waals surface area contributed by atoms with E-state index in [1.54, 1.807) is 6.33 Å². The zero-order chi connectivity index (χ0) is 12.4. The maximum absolute atomic E-state index is 5.46. The Kier molecular flexibility index (Phi) is 3.47. The van der Waals surface area contributed by atoms with Crippen molar-refractivity contribution in [2.75, 3.05) is 10.3 Å². The van der Waals surface area contributed by atoms with Crippen molar-refractivity contribution in [1.29, 1.82) is 0 Å². The van der Waals surface area contributed by atoms with Gasteiger partial charge in [-0.05, 0) is 33.1 Å². The molecule has 0 amide bonds. The Bertz CT molecular complexity index is 392. The molecule has 0 saturated carbocycles. The van der Waals surface area contributed by atoms with Crippen molar-refractivity contribution in [3.63, 3.8) is 0 Å². The van der Waals surface area contributed by atoms with Gasteiger partial charge in [0.1, 0.15) is 18.0 Å². The number of nitrogens with one attached hydrogen (secondary N) is 1. The molecule has 2 atom stereocenters. The lowest BCUT2D eigenvalue weighted by Crippen LogP contribution is -2.35. The Morgan fingerprint density at radius 1 is 1.47 bits per heavy atom. The first-order valence-corrected chi connectivity index (χ1v) is 6.25. The van der Waals surface area contributed by atoms with Gasteiger partial charge in [0.05, 0.1) is 0 Å². The third-order valence-electron chi connectivity index (χ3n) is 3.70. The second-order valence-electron chi connectivity index (χ2n) is 4.71. The summed E-state index contributed by atoms with van der Waals surface area (Å²) < 4.78 is 0. The van der Waals surface area contributed by atoms with E-state index in [4.69, 9.17) is 5.84 Å². The van der Waals surface area contributed by atoms with E-state index >= 15 is 0 Å². The summed E-state index contributed by atoms with van der Waals surface area (Å²) in [7, 11) is 0. The molecule has 1 saturated heterocycles. The van der Waals surface area contributed by atoms with Crippen molar-refractivity contribution < 1.29 is 0 Å². The van der Waals surface area contributed by atoms with Gasteiger partial charge in [-0.15, -0.1) is 0 Å². The quantitative estimate of drug-likeness (QED) is 0.618. The molecule has 5 heteroatoms. The Balaban J connectivity index is 2.38. The molecule has 0 bridgehead atoms. The van der Waals surface area contributed by atoms with Gasteiger partial charge in [-0.25, -0.2) is 15.8 Å². The Hall–Kier alpha value is -1.36. The summed E-state index contributed by atoms with van der Waals surface area (Å²) >= 11 is 0. The van der Waals surface area contributed by atoms with E-state index in [0.29, 0.717) is 17.9 Å². The summed E-state index contributed by atoms with van der Waals surface area (Å²) in [6.07, 6.45) is 5.20. The van der Waals surface area contributed by atoms with Gasteiger partial charge in [-0.2, -0.15) is 0 Å². The van der Waals surface area contributed by atoms with E-state index in [-0.39, 0.29) is 0 Å². The van der Waals surface area contributed by atoms with Gasteiger partial charge in [0, 0.05) is 17.6 Å². The van der Waals surface area contributed by atoms with Crippen molar-refractivity contribution in [1.82, 2.24) is 9.97 Å². The normalized spacial score (nSPS) is 24.1. The van der Waals surface area contributed by atoms with Crippen LogP contribution < -0.4 is 16.2 Å². The van der Waals surface area contributed by atoms with Crippen LogP contribution in [0.25, 0.3) is 0 Å². The fourth-order valence-electron chi connectivity index (χ4n) is 2.70. The third kappa shape index (κ3) is 2.07. The predicted molar refractivity (Wildman–Crippen MR) is 69.8 cm³/mol. The maximum atomic E-state index is 5.46. The van der Waals surface area contributed by atoms with Crippen molar-refractivity contribution in [3.8, 4) is 0 Å². The van der Waals surface area contributed by atoms with Crippen LogP contribution >= 0.6 is 0 Å². The van der Waals surface area contributed by atoms with Gasteiger partial charge in [0.25, 0.3) is 0 Å². The SMILES string of the molecule is CCC1CCC(C)N1c1ncnc(NN)c1C. The molecule has 2 rings (SSSR count). The molecule has 1 fully saturated rings. The lowest BCUT2D eigenvalue weighted by atomic mass is 10.1. The van der Waals surface area contributed by atoms with Gasteiger partial charge >= 0.3 is 0 Å². The topological polar surface area (TPSA) is 67.1 Å². The first kappa shape index (κ1) is 12.1. The molecule has 2 heterocycles. The van der Waals surface area contributed by atoms with Crippen LogP contribution in [0.4, 0.5) is 11.6 Å². The number of hydrogen-bond donors (Lipinski definition) is 2. The average Bonchev–Trinajstić information content (AvgIpc) is 2.71. The molecule has 0 aliphatic carbocycles. The molecule has 1 aromatic rings. The summed E-state index contributed by atoms with van der Waals surface area (Å²) in [5, 5.41) is 0. The molecule has 1 aliphatic heterocycles. The minimum Gasteiger partial charge on any atom is -0.351 e. The summed E-state index contributed by atoms with van der Waals surface area (Å²) in [6.45, 7) is 6.50. The molecule has 5 nitrogen and oxygen atoms in total. The van der Waals surface area contributed by atoms with Gasteiger partial charge in [-0.3, -0.25) is 0 Å². The van der Waals surface area contributed by atoms with Crippen molar-refractivity contribution in [2.45, 2.75) is 52.1 Å². The first-order chi connectivity index (χ1) is 8.19. The molecular weight excluding hydrogens is 214 g/mol. The van der Waals surface area contributed by atoms with Gasteiger partial charge in [-0.1, -0.05) is 6.92 Å². The van der Waals surface area contributed by atoms with Crippen LogP contribution in [0.3, 0.4) is 0 Å². The van der Waals surface area contributed by atoms with E-state index in [2.05, 4.69) is 34.1 Å². The molecule has 3 N–H and O–H groups in total. The molecule has 2 unspecified atom stereocenters. The highest BCUT2D eigenvalue weighted by Gasteiger charge is 2.31. The van der Waals surface area contributed by atoms with Crippen LogP contribution in [-0.4, -0.2) is 22.1 Å². The highest BCUT2D eigenvalue weighted by atomic mass is 15.3. The second-order valence-corrected chi connectivity index (χ2v) is 4.71. The number of hydrazine groups is 1. The third-order valence-corrected chi connectivity index (χ3v) is 3.70. The molecule has 0 radical (unpaired) electrons. The Morgan fingerprint density at radius 2 is 2.24 bits per heavy atom. The first-order valence-electron chi connectivity index (χ1n) is 6.25. The lowest BCUT2D eigenvalue weighted by molar-refractivity contribution is 0.619. The minimum absolute atomic E-state index is 0.541. The molecule has 0 aromatic carbocycles. The molecule has 94 valence electrons. The van der Waals surface area contributed by atoms with E-state index in [9.17, 15) is 0 Å². The monoisotopic (exact) mass is 235 g/mol. The molecule has 0 spiro atoms. The lowest BCUT2D eigenvalue weighted by Gasteiger charge is -2.30. The van der Waals surface area contributed by atoms with Crippen molar-refractivity contribution >= 4 is 11.6 Å². The maximum Gasteiger partial charge on any atom is 0.148 e. The van der Waals surface area contributed by atoms with Crippen LogP contribution in [0.15, 0.2) is 6.33 Å². The van der Waals surface area contributed by atoms with E-state index in [1.165, 1.54) is 12.8 Å². The highest BCUT2D eigenvalue weighted by Crippen LogP contribution is 2.33. The van der Waals surface area contributed by atoms with E-state index in [0.717, 1.165) is 17.8 Å². The molecular formula is C12H21N5. The van der Waals surface area contributed by atoms with E-state index in [1.807, 2.05) is 6.92 Å². The molecule has 1 aromatic heterocycles. The fourth-order valence-corrected chi connectivity index (χ4v) is 2.70. The smallest absolute Gasteiger partial charge is 0.148 e. The van der Waals surface area contributed by atoms with Crippen LogP contribution in [0.2, 0.25) is 0 Å². The van der Waals surface area contributed by atoms with Crippen LogP contribution in [0, 0.1) is 6.92 Å². The fraction of sp³-hybridized carbons (Fsp3) is 0.667. The van der Waals surface area contributed by atoms with Gasteiger partial charge in [0.15, 0.2) is 0 Å². The van der Waals surface area contributed by atoms with E-state index < -0.39 is 0 Å². The summed E-state index contributed by atoms with van der Waals surface area (Å²) in [5.41, 5.74) is 3.66. The Morgan fingerprint density at radius 3 is 2.88 bits per heavy atom. The van der Waals surface area contributed by atoms with Crippen LogP contribution in [-0.2, 0) is 0 Å². The summed E-state index contributed by atoms with van der Waals surface area (Å²) in [4.78, 5) is 11.0. The standard InChI is InChI=1S/C12H21N5/c1-4-10-6-5-8(2)17(10)12-9(3)11(16-13)14-7-15-12/h7-8,10H,4-6,13H2,1-3H3,(H,14,15,16). The zero-order valence-corrected chi connectivity index (χ0v) is 10.8. The number of nitrogen functional groups attached to an aromatic ring is 1. The minimum atomic E-state index is 0.541. The zero-order valence-electron chi connectivity index (χ0n) is 10.8. The van der Waals surface area contributed by atoms with Gasteiger partial charge < -0.3 is 10.3 Å². The van der Waals surface area contributed by atoms with Gasteiger partial charge in [0.2, 0.25) is 0 Å². The number of anilines is 2.